The SMILES string of the molecule is CC(C)n1ccc(C(=O)N[C@H](C2CC2)[C@@H](CO)C2CC2)n1. The number of aliphatic hydroxyl groups excluding tert-OH is 1. The Labute approximate surface area is 125 Å². The van der Waals surface area contributed by atoms with Gasteiger partial charge in [0, 0.05) is 30.8 Å². The van der Waals surface area contributed by atoms with Crippen molar-refractivity contribution in [3.05, 3.63) is 18.0 Å². The molecule has 116 valence electrons. The minimum atomic E-state index is -0.106. The second kappa shape index (κ2) is 5.79. The molecular weight excluding hydrogens is 266 g/mol. The van der Waals surface area contributed by atoms with E-state index in [-0.39, 0.29) is 30.5 Å². The molecule has 0 radical (unpaired) electrons. The van der Waals surface area contributed by atoms with Gasteiger partial charge in [-0.3, -0.25) is 9.48 Å². The second-order valence-corrected chi connectivity index (χ2v) is 6.80. The number of amides is 1. The predicted molar refractivity (Wildman–Crippen MR) is 79.9 cm³/mol. The van der Waals surface area contributed by atoms with Crippen LogP contribution in [0.15, 0.2) is 12.3 Å². The number of carbonyl (C=O) groups excluding carboxylic acids is 1. The van der Waals surface area contributed by atoms with Crippen molar-refractivity contribution in [1.82, 2.24) is 15.1 Å². The minimum absolute atomic E-state index is 0.106. The highest BCUT2D eigenvalue weighted by molar-refractivity contribution is 5.92. The van der Waals surface area contributed by atoms with Crippen molar-refractivity contribution in [3.8, 4) is 0 Å². The quantitative estimate of drug-likeness (QED) is 0.807. The molecule has 2 saturated carbocycles. The van der Waals surface area contributed by atoms with Crippen molar-refractivity contribution in [1.29, 1.82) is 0 Å². The molecule has 1 aromatic rings. The summed E-state index contributed by atoms with van der Waals surface area (Å²) in [5, 5.41) is 17.1. The Morgan fingerprint density at radius 2 is 2.05 bits per heavy atom. The largest absolute Gasteiger partial charge is 0.396 e. The monoisotopic (exact) mass is 291 g/mol. The van der Waals surface area contributed by atoms with E-state index in [2.05, 4.69) is 10.4 Å². The molecule has 0 aliphatic heterocycles. The van der Waals surface area contributed by atoms with Crippen molar-refractivity contribution < 1.29 is 9.90 Å². The predicted octanol–water partition coefficient (Wildman–Crippen LogP) is 1.99. The molecule has 3 rings (SSSR count). The third-order valence-corrected chi connectivity index (χ3v) is 4.70. The molecule has 0 bridgehead atoms. The maximum Gasteiger partial charge on any atom is 0.272 e. The summed E-state index contributed by atoms with van der Waals surface area (Å²) < 4.78 is 1.80. The van der Waals surface area contributed by atoms with Crippen LogP contribution in [0.4, 0.5) is 0 Å². The minimum Gasteiger partial charge on any atom is -0.396 e. The molecule has 0 aromatic carbocycles. The van der Waals surface area contributed by atoms with E-state index >= 15 is 0 Å². The first kappa shape index (κ1) is 14.6. The van der Waals surface area contributed by atoms with Crippen LogP contribution in [-0.2, 0) is 0 Å². The van der Waals surface area contributed by atoms with Crippen LogP contribution < -0.4 is 5.32 Å². The molecule has 0 unspecified atom stereocenters. The number of carbonyl (C=O) groups is 1. The molecule has 2 N–H and O–H groups in total. The van der Waals surface area contributed by atoms with Crippen molar-refractivity contribution in [2.45, 2.75) is 51.6 Å². The first-order valence-corrected chi connectivity index (χ1v) is 8.07. The van der Waals surface area contributed by atoms with Gasteiger partial charge >= 0.3 is 0 Å². The van der Waals surface area contributed by atoms with E-state index < -0.39 is 0 Å². The highest BCUT2D eigenvalue weighted by Gasteiger charge is 2.43. The van der Waals surface area contributed by atoms with Gasteiger partial charge in [0.1, 0.15) is 5.69 Å². The lowest BCUT2D eigenvalue weighted by Crippen LogP contribution is -2.44. The van der Waals surface area contributed by atoms with Crippen LogP contribution in [0.25, 0.3) is 0 Å². The van der Waals surface area contributed by atoms with Gasteiger partial charge in [-0.25, -0.2) is 0 Å². The van der Waals surface area contributed by atoms with E-state index in [9.17, 15) is 9.90 Å². The van der Waals surface area contributed by atoms with E-state index in [0.29, 0.717) is 17.5 Å². The van der Waals surface area contributed by atoms with Gasteiger partial charge in [0.2, 0.25) is 0 Å². The Balaban J connectivity index is 1.68. The van der Waals surface area contributed by atoms with Crippen LogP contribution in [0.2, 0.25) is 0 Å². The zero-order valence-electron chi connectivity index (χ0n) is 12.8. The summed E-state index contributed by atoms with van der Waals surface area (Å²) in [5.74, 6) is 1.24. The summed E-state index contributed by atoms with van der Waals surface area (Å²) >= 11 is 0. The average Bonchev–Trinajstić information content (AvgIpc) is 3.37. The van der Waals surface area contributed by atoms with Crippen molar-refractivity contribution in [2.75, 3.05) is 6.61 Å². The lowest BCUT2D eigenvalue weighted by molar-refractivity contribution is 0.0873. The number of rotatable bonds is 7. The lowest BCUT2D eigenvalue weighted by atomic mass is 9.91. The van der Waals surface area contributed by atoms with Gasteiger partial charge in [-0.15, -0.1) is 0 Å². The number of nitrogens with zero attached hydrogens (tertiary/aromatic N) is 2. The summed E-state index contributed by atoms with van der Waals surface area (Å²) in [6.07, 6.45) is 6.54. The Bertz CT molecular complexity index is 503. The maximum atomic E-state index is 12.4. The van der Waals surface area contributed by atoms with Crippen LogP contribution in [0, 0.1) is 17.8 Å². The molecule has 1 aromatic heterocycles. The van der Waals surface area contributed by atoms with Gasteiger partial charge in [-0.1, -0.05) is 0 Å². The van der Waals surface area contributed by atoms with Gasteiger partial charge in [0.25, 0.3) is 5.91 Å². The fraction of sp³-hybridized carbons (Fsp3) is 0.750. The molecule has 0 saturated heterocycles. The van der Waals surface area contributed by atoms with Crippen LogP contribution in [0.5, 0.6) is 0 Å². The molecule has 2 aliphatic rings. The van der Waals surface area contributed by atoms with Crippen molar-refractivity contribution in [3.63, 3.8) is 0 Å². The van der Waals surface area contributed by atoms with E-state index in [1.807, 2.05) is 20.0 Å². The number of aliphatic hydroxyl groups is 1. The van der Waals surface area contributed by atoms with E-state index in [1.54, 1.807) is 10.7 Å². The van der Waals surface area contributed by atoms with Crippen molar-refractivity contribution >= 4 is 5.91 Å². The Hall–Kier alpha value is -1.36. The fourth-order valence-corrected chi connectivity index (χ4v) is 3.08. The molecule has 5 nitrogen and oxygen atoms in total. The summed E-state index contributed by atoms with van der Waals surface area (Å²) in [7, 11) is 0. The van der Waals surface area contributed by atoms with Crippen LogP contribution in [-0.4, -0.2) is 33.4 Å². The van der Waals surface area contributed by atoms with Gasteiger partial charge < -0.3 is 10.4 Å². The van der Waals surface area contributed by atoms with Gasteiger partial charge in [-0.2, -0.15) is 5.10 Å². The number of aromatic nitrogens is 2. The third-order valence-electron chi connectivity index (χ3n) is 4.70. The first-order valence-electron chi connectivity index (χ1n) is 8.07. The zero-order valence-corrected chi connectivity index (χ0v) is 12.8. The summed E-state index contributed by atoms with van der Waals surface area (Å²) in [5.41, 5.74) is 0.474. The maximum absolute atomic E-state index is 12.4. The molecule has 2 fully saturated rings. The lowest BCUT2D eigenvalue weighted by Gasteiger charge is -2.26. The topological polar surface area (TPSA) is 67.2 Å². The molecular formula is C16H25N3O2. The highest BCUT2D eigenvalue weighted by atomic mass is 16.3. The second-order valence-electron chi connectivity index (χ2n) is 6.80. The van der Waals surface area contributed by atoms with Crippen LogP contribution in [0.1, 0.15) is 56.1 Å². The van der Waals surface area contributed by atoms with Gasteiger partial charge in [0.15, 0.2) is 0 Å². The van der Waals surface area contributed by atoms with Crippen molar-refractivity contribution in [2.24, 2.45) is 17.8 Å². The molecule has 1 amide bonds. The number of hydrogen-bond acceptors (Lipinski definition) is 3. The molecule has 2 atom stereocenters. The molecule has 5 heteroatoms. The molecule has 0 spiro atoms. The summed E-state index contributed by atoms with van der Waals surface area (Å²) in [6.45, 7) is 4.25. The standard InChI is InChI=1S/C16H25N3O2/c1-10(2)19-8-7-14(18-19)16(21)17-15(12-5-6-12)13(9-20)11-3-4-11/h7-8,10-13,15,20H,3-6,9H2,1-2H3,(H,17,21)/t13-,15+/m0/s1. The molecule has 2 aliphatic carbocycles. The normalized spacial score (nSPS) is 21.3. The Morgan fingerprint density at radius 1 is 1.38 bits per heavy atom. The first-order chi connectivity index (χ1) is 10.1. The highest BCUT2D eigenvalue weighted by Crippen LogP contribution is 2.45. The average molecular weight is 291 g/mol. The van der Waals surface area contributed by atoms with Crippen LogP contribution in [0.3, 0.4) is 0 Å². The van der Waals surface area contributed by atoms with Gasteiger partial charge in [0.05, 0.1) is 0 Å². The third kappa shape index (κ3) is 3.28. The number of hydrogen-bond donors (Lipinski definition) is 2. The summed E-state index contributed by atoms with van der Waals surface area (Å²) in [4.78, 5) is 12.4. The fourth-order valence-electron chi connectivity index (χ4n) is 3.08. The zero-order chi connectivity index (χ0) is 15.0. The Morgan fingerprint density at radius 3 is 2.52 bits per heavy atom. The summed E-state index contributed by atoms with van der Waals surface area (Å²) in [6, 6.07) is 2.13. The van der Waals surface area contributed by atoms with E-state index in [4.69, 9.17) is 0 Å². The van der Waals surface area contributed by atoms with Gasteiger partial charge in [-0.05, 0) is 57.4 Å². The van der Waals surface area contributed by atoms with E-state index in [0.717, 1.165) is 12.8 Å². The van der Waals surface area contributed by atoms with E-state index in [1.165, 1.54) is 12.8 Å². The van der Waals surface area contributed by atoms with Crippen LogP contribution >= 0.6 is 0 Å². The number of nitrogens with one attached hydrogen (secondary N) is 1. The Kier molecular flexibility index (Phi) is 4.02. The molecule has 1 heterocycles. The smallest absolute Gasteiger partial charge is 0.272 e. The molecule has 21 heavy (non-hydrogen) atoms.